The molecular formula is C15H19FO5. The molecule has 2 rings (SSSR count). The number of aliphatic hydroxyl groups excluding tert-OH is 1. The number of alkyl halides is 1. The summed E-state index contributed by atoms with van der Waals surface area (Å²) in [5, 5.41) is 9.82. The quantitative estimate of drug-likeness (QED) is 0.854. The van der Waals surface area contributed by atoms with Crippen LogP contribution in [-0.2, 0) is 14.2 Å². The van der Waals surface area contributed by atoms with Crippen molar-refractivity contribution < 1.29 is 28.5 Å². The maximum atomic E-state index is 14.0. The predicted molar refractivity (Wildman–Crippen MR) is 72.5 cm³/mol. The second-order valence-corrected chi connectivity index (χ2v) is 5.04. The minimum atomic E-state index is -1.63. The van der Waals surface area contributed by atoms with E-state index in [2.05, 4.69) is 0 Å². The highest BCUT2D eigenvalue weighted by molar-refractivity contribution is 5.89. The zero-order chi connectivity index (χ0) is 15.4. The molecule has 0 amide bonds. The van der Waals surface area contributed by atoms with Crippen molar-refractivity contribution in [2.24, 2.45) is 5.92 Å². The van der Waals surface area contributed by atoms with Gasteiger partial charge in [0, 0.05) is 13.0 Å². The highest BCUT2D eigenvalue weighted by Crippen LogP contribution is 2.28. The fraction of sp³-hybridized carbons (Fsp3) is 0.533. The van der Waals surface area contributed by atoms with E-state index in [0.29, 0.717) is 5.56 Å². The van der Waals surface area contributed by atoms with Crippen LogP contribution in [0.15, 0.2) is 30.3 Å². The van der Waals surface area contributed by atoms with E-state index in [1.165, 1.54) is 7.11 Å². The normalized spacial score (nSPS) is 32.7. The Morgan fingerprint density at radius 1 is 1.38 bits per heavy atom. The molecule has 1 aliphatic rings. The molecule has 0 bridgehead atoms. The Bertz CT molecular complexity index is 464. The number of carbonyl (C=O) groups excluding carboxylic acids is 1. The number of carbonyl (C=O) groups is 1. The van der Waals surface area contributed by atoms with E-state index in [-0.39, 0.29) is 6.61 Å². The minimum Gasteiger partial charge on any atom is -0.459 e. The number of rotatable bonds is 4. The molecule has 0 radical (unpaired) electrons. The van der Waals surface area contributed by atoms with Gasteiger partial charge >= 0.3 is 5.97 Å². The van der Waals surface area contributed by atoms with Gasteiger partial charge in [-0.25, -0.2) is 9.18 Å². The first-order valence-corrected chi connectivity index (χ1v) is 6.77. The lowest BCUT2D eigenvalue weighted by Crippen LogP contribution is -2.53. The minimum absolute atomic E-state index is 0.279. The van der Waals surface area contributed by atoms with Crippen LogP contribution in [0.5, 0.6) is 0 Å². The molecule has 1 heterocycles. The lowest BCUT2D eigenvalue weighted by atomic mass is 9.93. The van der Waals surface area contributed by atoms with Crippen LogP contribution in [0.2, 0.25) is 0 Å². The van der Waals surface area contributed by atoms with Crippen LogP contribution in [-0.4, -0.2) is 49.5 Å². The van der Waals surface area contributed by atoms with E-state index in [0.717, 1.165) is 0 Å². The summed E-state index contributed by atoms with van der Waals surface area (Å²) in [4.78, 5) is 11.8. The molecule has 5 nitrogen and oxygen atoms in total. The Morgan fingerprint density at radius 3 is 2.67 bits per heavy atom. The van der Waals surface area contributed by atoms with Gasteiger partial charge in [0.1, 0.15) is 12.7 Å². The summed E-state index contributed by atoms with van der Waals surface area (Å²) in [6, 6.07) is 8.40. The topological polar surface area (TPSA) is 65.0 Å². The number of benzene rings is 1. The van der Waals surface area contributed by atoms with Crippen molar-refractivity contribution in [3.63, 3.8) is 0 Å². The zero-order valence-electron chi connectivity index (χ0n) is 11.9. The van der Waals surface area contributed by atoms with Crippen LogP contribution in [0.1, 0.15) is 17.3 Å². The Kier molecular flexibility index (Phi) is 5.27. The maximum Gasteiger partial charge on any atom is 0.338 e. The van der Waals surface area contributed by atoms with Gasteiger partial charge < -0.3 is 19.3 Å². The van der Waals surface area contributed by atoms with E-state index in [4.69, 9.17) is 14.2 Å². The van der Waals surface area contributed by atoms with Crippen LogP contribution < -0.4 is 0 Å². The third kappa shape index (κ3) is 3.58. The fourth-order valence-corrected chi connectivity index (χ4v) is 2.26. The number of esters is 1. The monoisotopic (exact) mass is 298 g/mol. The van der Waals surface area contributed by atoms with Gasteiger partial charge in [-0.15, -0.1) is 0 Å². The van der Waals surface area contributed by atoms with Crippen LogP contribution in [0.25, 0.3) is 0 Å². The average Bonchev–Trinajstić information content (AvgIpc) is 2.52. The molecule has 1 N–H and O–H groups in total. The van der Waals surface area contributed by atoms with Crippen LogP contribution in [0, 0.1) is 5.92 Å². The second-order valence-electron chi connectivity index (χ2n) is 5.04. The van der Waals surface area contributed by atoms with Gasteiger partial charge in [0.25, 0.3) is 0 Å². The fourth-order valence-electron chi connectivity index (χ4n) is 2.26. The highest BCUT2D eigenvalue weighted by Gasteiger charge is 2.44. The van der Waals surface area contributed by atoms with Gasteiger partial charge in [-0.2, -0.15) is 0 Å². The molecule has 1 aliphatic heterocycles. The summed E-state index contributed by atoms with van der Waals surface area (Å²) in [5.74, 6) is -1.06. The Morgan fingerprint density at radius 2 is 2.05 bits per heavy atom. The largest absolute Gasteiger partial charge is 0.459 e. The number of ether oxygens (including phenoxy) is 3. The number of aliphatic hydroxyl groups is 1. The number of halogens is 1. The van der Waals surface area contributed by atoms with Crippen molar-refractivity contribution in [3.05, 3.63) is 35.9 Å². The Labute approximate surface area is 122 Å². The third-order valence-corrected chi connectivity index (χ3v) is 3.58. The number of hydrogen-bond acceptors (Lipinski definition) is 5. The van der Waals surface area contributed by atoms with Gasteiger partial charge in [0.2, 0.25) is 0 Å². The van der Waals surface area contributed by atoms with Gasteiger partial charge in [-0.3, -0.25) is 0 Å². The lowest BCUT2D eigenvalue weighted by Gasteiger charge is -2.39. The molecule has 0 aliphatic carbocycles. The first kappa shape index (κ1) is 15.9. The molecule has 6 heteroatoms. The molecule has 21 heavy (non-hydrogen) atoms. The molecule has 0 aromatic heterocycles. The molecule has 1 aromatic carbocycles. The number of methoxy groups -OCH3 is 1. The second kappa shape index (κ2) is 6.98. The van der Waals surface area contributed by atoms with Gasteiger partial charge in [-0.05, 0) is 12.1 Å². The predicted octanol–water partition coefficient (Wildman–Crippen LogP) is 1.55. The van der Waals surface area contributed by atoms with E-state index in [1.807, 2.05) is 0 Å². The third-order valence-electron chi connectivity index (χ3n) is 3.58. The molecule has 5 atom stereocenters. The average molecular weight is 298 g/mol. The number of hydrogen-bond donors (Lipinski definition) is 1. The van der Waals surface area contributed by atoms with E-state index >= 15 is 0 Å². The van der Waals surface area contributed by atoms with Crippen molar-refractivity contribution in [1.29, 1.82) is 0 Å². The standard InChI is InChI=1S/C15H19FO5/c1-9-13(17)12(16)11(21-15(9)19-2)8-20-14(18)10-6-4-3-5-7-10/h3-7,9,11-13,15,17H,8H2,1-2H3/t9?,11-,12+,13-,15+/m1/s1. The van der Waals surface area contributed by atoms with Crippen molar-refractivity contribution >= 4 is 5.97 Å². The molecule has 0 saturated carbocycles. The van der Waals surface area contributed by atoms with E-state index in [9.17, 15) is 14.3 Å². The van der Waals surface area contributed by atoms with Gasteiger partial charge in [-0.1, -0.05) is 25.1 Å². The molecule has 1 fully saturated rings. The molecular weight excluding hydrogens is 279 g/mol. The maximum absolute atomic E-state index is 14.0. The van der Waals surface area contributed by atoms with Crippen molar-refractivity contribution in [2.45, 2.75) is 31.6 Å². The van der Waals surface area contributed by atoms with Crippen LogP contribution in [0.4, 0.5) is 4.39 Å². The van der Waals surface area contributed by atoms with Crippen molar-refractivity contribution in [3.8, 4) is 0 Å². The zero-order valence-corrected chi connectivity index (χ0v) is 11.9. The van der Waals surface area contributed by atoms with Crippen LogP contribution in [0.3, 0.4) is 0 Å². The summed E-state index contributed by atoms with van der Waals surface area (Å²) >= 11 is 0. The summed E-state index contributed by atoms with van der Waals surface area (Å²) in [7, 11) is 1.42. The summed E-state index contributed by atoms with van der Waals surface area (Å²) in [6.07, 6.45) is -4.62. The van der Waals surface area contributed by atoms with Crippen molar-refractivity contribution in [2.75, 3.05) is 13.7 Å². The summed E-state index contributed by atoms with van der Waals surface area (Å²) < 4.78 is 29.5. The van der Waals surface area contributed by atoms with Gasteiger partial charge in [0.15, 0.2) is 12.5 Å². The SMILES string of the molecule is CO[C@H]1O[C@H](COC(=O)c2ccccc2)[C@H](F)[C@H](O)C1C. The molecule has 1 aromatic rings. The molecule has 0 spiro atoms. The molecule has 1 unspecified atom stereocenters. The Balaban J connectivity index is 1.94. The van der Waals surface area contributed by atoms with Crippen LogP contribution >= 0.6 is 0 Å². The molecule has 1 saturated heterocycles. The van der Waals surface area contributed by atoms with Gasteiger partial charge in [0.05, 0.1) is 11.7 Å². The summed E-state index contributed by atoms with van der Waals surface area (Å²) in [6.45, 7) is 1.36. The molecule has 116 valence electrons. The Hall–Kier alpha value is -1.50. The van der Waals surface area contributed by atoms with Crippen molar-refractivity contribution in [1.82, 2.24) is 0 Å². The summed E-state index contributed by atoms with van der Waals surface area (Å²) in [5.41, 5.74) is 0.376. The first-order chi connectivity index (χ1) is 10.0. The highest BCUT2D eigenvalue weighted by atomic mass is 19.1. The van der Waals surface area contributed by atoms with E-state index < -0.39 is 36.6 Å². The van der Waals surface area contributed by atoms with E-state index in [1.54, 1.807) is 37.3 Å². The smallest absolute Gasteiger partial charge is 0.338 e. The lowest BCUT2D eigenvalue weighted by molar-refractivity contribution is -0.262. The first-order valence-electron chi connectivity index (χ1n) is 6.77.